The van der Waals surface area contributed by atoms with Gasteiger partial charge in [0.05, 0.1) is 12.0 Å². The van der Waals surface area contributed by atoms with Gasteiger partial charge in [-0.05, 0) is 25.2 Å². The largest absolute Gasteiger partial charge is 0.384 e. The number of hydrogen-bond acceptors (Lipinski definition) is 2. The van der Waals surface area contributed by atoms with Gasteiger partial charge in [0.2, 0.25) is 0 Å². The molecule has 1 aliphatic rings. The molecule has 0 aromatic carbocycles. The van der Waals surface area contributed by atoms with Crippen LogP contribution in [0.4, 0.5) is 0 Å². The lowest BCUT2D eigenvalue weighted by molar-refractivity contribution is -0.134. The maximum atomic E-state index is 12.6. The first kappa shape index (κ1) is 16.7. The van der Waals surface area contributed by atoms with Crippen LogP contribution in [0.2, 0.25) is 0 Å². The average Bonchev–Trinajstić information content (AvgIpc) is 2.76. The summed E-state index contributed by atoms with van der Waals surface area (Å²) in [5.74, 6) is 0.967. The molecule has 0 spiro atoms. The minimum atomic E-state index is -0.155. The third kappa shape index (κ3) is 4.59. The van der Waals surface area contributed by atoms with E-state index in [0.29, 0.717) is 18.3 Å². The highest BCUT2D eigenvalue weighted by atomic mass is 16.5. The van der Waals surface area contributed by atoms with Crippen LogP contribution in [-0.4, -0.2) is 19.5 Å². The van der Waals surface area contributed by atoms with E-state index in [4.69, 9.17) is 4.74 Å². The van der Waals surface area contributed by atoms with E-state index >= 15 is 0 Å². The van der Waals surface area contributed by atoms with Gasteiger partial charge >= 0.3 is 0 Å². The molecule has 0 aliphatic heterocycles. The van der Waals surface area contributed by atoms with Crippen LogP contribution in [0.3, 0.4) is 0 Å². The zero-order valence-electron chi connectivity index (χ0n) is 13.2. The highest BCUT2D eigenvalue weighted by Crippen LogP contribution is 2.45. The van der Waals surface area contributed by atoms with Crippen LogP contribution in [0.15, 0.2) is 0 Å². The first-order valence-electron chi connectivity index (χ1n) is 8.19. The van der Waals surface area contributed by atoms with Gasteiger partial charge in [-0.2, -0.15) is 0 Å². The Kier molecular flexibility index (Phi) is 7.67. The maximum Gasteiger partial charge on any atom is 0.141 e. The fourth-order valence-corrected chi connectivity index (χ4v) is 3.53. The van der Waals surface area contributed by atoms with Crippen molar-refractivity contribution in [3.05, 3.63) is 0 Å². The molecule has 0 bridgehead atoms. The van der Waals surface area contributed by atoms with E-state index in [-0.39, 0.29) is 5.41 Å². The van der Waals surface area contributed by atoms with Crippen molar-refractivity contribution in [1.29, 1.82) is 0 Å². The predicted octanol–water partition coefficient (Wildman–Crippen LogP) is 4.76. The van der Waals surface area contributed by atoms with Gasteiger partial charge in [0.25, 0.3) is 0 Å². The number of carbonyl (C=O) groups excluding carboxylic acids is 1. The molecule has 0 aromatic heterocycles. The van der Waals surface area contributed by atoms with E-state index < -0.39 is 0 Å². The molecule has 1 rings (SSSR count). The van der Waals surface area contributed by atoms with Crippen molar-refractivity contribution in [1.82, 2.24) is 0 Å². The minimum Gasteiger partial charge on any atom is -0.384 e. The smallest absolute Gasteiger partial charge is 0.141 e. The molecule has 0 radical (unpaired) electrons. The summed E-state index contributed by atoms with van der Waals surface area (Å²) in [7, 11) is 1.73. The van der Waals surface area contributed by atoms with Gasteiger partial charge in [0, 0.05) is 13.5 Å². The first-order valence-corrected chi connectivity index (χ1v) is 8.19. The van der Waals surface area contributed by atoms with Gasteiger partial charge in [0.15, 0.2) is 0 Å². The normalized spacial score (nSPS) is 26.8. The standard InChI is InChI=1S/C17H32O2/c1-4-5-6-7-8-9-12-16(18)17(14-19-3)13-10-11-15(17)2/h15H,4-14H2,1-3H3. The monoisotopic (exact) mass is 268 g/mol. The molecular weight excluding hydrogens is 236 g/mol. The summed E-state index contributed by atoms with van der Waals surface area (Å²) in [5, 5.41) is 0. The summed E-state index contributed by atoms with van der Waals surface area (Å²) < 4.78 is 5.36. The van der Waals surface area contributed by atoms with Crippen molar-refractivity contribution in [2.24, 2.45) is 11.3 Å². The van der Waals surface area contributed by atoms with Crippen LogP contribution in [0.25, 0.3) is 0 Å². The van der Waals surface area contributed by atoms with Gasteiger partial charge in [-0.1, -0.05) is 52.4 Å². The van der Waals surface area contributed by atoms with Gasteiger partial charge in [-0.15, -0.1) is 0 Å². The van der Waals surface area contributed by atoms with E-state index in [9.17, 15) is 4.79 Å². The van der Waals surface area contributed by atoms with E-state index in [1.165, 1.54) is 44.9 Å². The molecule has 0 aromatic rings. The van der Waals surface area contributed by atoms with Gasteiger partial charge in [-0.3, -0.25) is 4.79 Å². The van der Waals surface area contributed by atoms with E-state index in [1.54, 1.807) is 7.11 Å². The summed E-state index contributed by atoms with van der Waals surface area (Å²) in [4.78, 5) is 12.6. The Morgan fingerprint density at radius 2 is 1.89 bits per heavy atom. The first-order chi connectivity index (χ1) is 9.17. The maximum absolute atomic E-state index is 12.6. The van der Waals surface area contributed by atoms with Gasteiger partial charge in [-0.25, -0.2) is 0 Å². The zero-order valence-corrected chi connectivity index (χ0v) is 13.2. The molecule has 2 unspecified atom stereocenters. The lowest BCUT2D eigenvalue weighted by Gasteiger charge is -2.31. The molecular formula is C17H32O2. The average molecular weight is 268 g/mol. The molecule has 0 N–H and O–H groups in total. The fourth-order valence-electron chi connectivity index (χ4n) is 3.53. The highest BCUT2D eigenvalue weighted by Gasteiger charge is 2.45. The van der Waals surface area contributed by atoms with Crippen molar-refractivity contribution in [3.63, 3.8) is 0 Å². The summed E-state index contributed by atoms with van der Waals surface area (Å²) in [5.41, 5.74) is -0.155. The van der Waals surface area contributed by atoms with Crippen LogP contribution in [-0.2, 0) is 9.53 Å². The van der Waals surface area contributed by atoms with Gasteiger partial charge in [0.1, 0.15) is 5.78 Å². The summed E-state index contributed by atoms with van der Waals surface area (Å²) in [6.07, 6.45) is 11.7. The molecule has 1 saturated carbocycles. The Hall–Kier alpha value is -0.370. The van der Waals surface area contributed by atoms with Crippen molar-refractivity contribution < 1.29 is 9.53 Å². The van der Waals surface area contributed by atoms with Gasteiger partial charge < -0.3 is 4.74 Å². The van der Waals surface area contributed by atoms with Crippen molar-refractivity contribution in [3.8, 4) is 0 Å². The Balaban J connectivity index is 2.33. The second-order valence-corrected chi connectivity index (χ2v) is 6.32. The van der Waals surface area contributed by atoms with Crippen LogP contribution < -0.4 is 0 Å². The number of ether oxygens (including phenoxy) is 1. The molecule has 1 fully saturated rings. The number of Topliss-reactive ketones (excluding diaryl/α,β-unsaturated/α-hetero) is 1. The van der Waals surface area contributed by atoms with E-state index in [2.05, 4.69) is 13.8 Å². The molecule has 0 saturated heterocycles. The number of hydrogen-bond donors (Lipinski definition) is 0. The van der Waals surface area contributed by atoms with Crippen LogP contribution >= 0.6 is 0 Å². The molecule has 0 amide bonds. The highest BCUT2D eigenvalue weighted by molar-refractivity contribution is 5.85. The quantitative estimate of drug-likeness (QED) is 0.534. The molecule has 2 atom stereocenters. The Bertz CT molecular complexity index is 262. The molecule has 19 heavy (non-hydrogen) atoms. The van der Waals surface area contributed by atoms with Crippen LogP contribution in [0, 0.1) is 11.3 Å². The fraction of sp³-hybridized carbons (Fsp3) is 0.941. The summed E-state index contributed by atoms with van der Waals surface area (Å²) >= 11 is 0. The molecule has 0 heterocycles. The second kappa shape index (κ2) is 8.73. The van der Waals surface area contributed by atoms with Crippen molar-refractivity contribution >= 4 is 5.78 Å². The van der Waals surface area contributed by atoms with Crippen LogP contribution in [0.5, 0.6) is 0 Å². The minimum absolute atomic E-state index is 0.155. The topological polar surface area (TPSA) is 26.3 Å². The molecule has 2 heteroatoms. The van der Waals surface area contributed by atoms with Crippen molar-refractivity contribution in [2.45, 2.75) is 78.1 Å². The van der Waals surface area contributed by atoms with E-state index in [0.717, 1.165) is 19.3 Å². The number of rotatable bonds is 10. The Labute approximate surface area is 119 Å². The summed E-state index contributed by atoms with van der Waals surface area (Å²) in [6.45, 7) is 5.09. The number of ketones is 1. The number of methoxy groups -OCH3 is 1. The number of carbonyl (C=O) groups is 1. The third-order valence-electron chi connectivity index (χ3n) is 4.92. The summed E-state index contributed by atoms with van der Waals surface area (Å²) in [6, 6.07) is 0. The lowest BCUT2D eigenvalue weighted by Crippen LogP contribution is -2.38. The van der Waals surface area contributed by atoms with E-state index in [1.807, 2.05) is 0 Å². The Morgan fingerprint density at radius 1 is 1.21 bits per heavy atom. The SMILES string of the molecule is CCCCCCCCC(=O)C1(COC)CCCC1C. The predicted molar refractivity (Wildman–Crippen MR) is 80.3 cm³/mol. The lowest BCUT2D eigenvalue weighted by atomic mass is 9.74. The Morgan fingerprint density at radius 3 is 2.47 bits per heavy atom. The van der Waals surface area contributed by atoms with Crippen molar-refractivity contribution in [2.75, 3.05) is 13.7 Å². The third-order valence-corrected chi connectivity index (χ3v) is 4.92. The number of unbranched alkanes of at least 4 members (excludes halogenated alkanes) is 5. The molecule has 1 aliphatic carbocycles. The second-order valence-electron chi connectivity index (χ2n) is 6.32. The van der Waals surface area contributed by atoms with Crippen LogP contribution in [0.1, 0.15) is 78.1 Å². The molecule has 112 valence electrons. The molecule has 2 nitrogen and oxygen atoms in total. The zero-order chi connectivity index (χ0) is 14.1.